The van der Waals surface area contributed by atoms with Crippen molar-refractivity contribution in [2.24, 2.45) is 5.73 Å². The minimum Gasteiger partial charge on any atom is -0.441 e. The van der Waals surface area contributed by atoms with Gasteiger partial charge in [-0.05, 0) is 29.9 Å². The molecule has 0 bridgehead atoms. The Kier molecular flexibility index (Phi) is 2.98. The number of aromatic nitrogens is 1. The second-order valence-electron chi connectivity index (χ2n) is 3.58. The Bertz CT molecular complexity index is 467. The first kappa shape index (κ1) is 10.5. The van der Waals surface area contributed by atoms with Crippen LogP contribution in [0.5, 0.6) is 0 Å². The summed E-state index contributed by atoms with van der Waals surface area (Å²) >= 11 is 4.17. The Balaban J connectivity index is 2.37. The summed E-state index contributed by atoms with van der Waals surface area (Å²) in [6, 6.07) is 5.93. The molecule has 2 rings (SSSR count). The van der Waals surface area contributed by atoms with Crippen molar-refractivity contribution in [3.8, 4) is 0 Å². The Morgan fingerprint density at radius 3 is 3.07 bits per heavy atom. The number of hydrogen-bond donors (Lipinski definition) is 2. The van der Waals surface area contributed by atoms with E-state index in [1.54, 1.807) is 0 Å². The zero-order valence-electron chi connectivity index (χ0n) is 8.60. The summed E-state index contributed by atoms with van der Waals surface area (Å²) in [5, 5.41) is 0. The van der Waals surface area contributed by atoms with Crippen LogP contribution in [0.15, 0.2) is 22.6 Å². The fraction of sp³-hybridized carbons (Fsp3) is 0.364. The van der Waals surface area contributed by atoms with Crippen molar-refractivity contribution in [1.29, 1.82) is 0 Å². The molecule has 3 nitrogen and oxygen atoms in total. The van der Waals surface area contributed by atoms with Crippen LogP contribution in [-0.2, 0) is 0 Å². The molecule has 0 aliphatic heterocycles. The molecular weight excluding hydrogens is 208 g/mol. The van der Waals surface area contributed by atoms with Gasteiger partial charge in [0.25, 0.3) is 0 Å². The van der Waals surface area contributed by atoms with E-state index in [1.165, 1.54) is 0 Å². The number of oxazole rings is 1. The highest BCUT2D eigenvalue weighted by atomic mass is 32.1. The van der Waals surface area contributed by atoms with Gasteiger partial charge in [-0.25, -0.2) is 4.98 Å². The highest BCUT2D eigenvalue weighted by Crippen LogP contribution is 2.21. The summed E-state index contributed by atoms with van der Waals surface area (Å²) in [6.45, 7) is 1.84. The Hall–Kier alpha value is -1.00. The van der Waals surface area contributed by atoms with E-state index in [9.17, 15) is 0 Å². The van der Waals surface area contributed by atoms with E-state index in [4.69, 9.17) is 10.2 Å². The number of thiol groups is 1. The Morgan fingerprint density at radius 1 is 1.53 bits per heavy atom. The molecule has 1 heterocycles. The molecule has 2 N–H and O–H groups in total. The summed E-state index contributed by atoms with van der Waals surface area (Å²) in [5.74, 6) is 1.47. The lowest BCUT2D eigenvalue weighted by atomic mass is 10.1. The average molecular weight is 222 g/mol. The van der Waals surface area contributed by atoms with Gasteiger partial charge >= 0.3 is 0 Å². The van der Waals surface area contributed by atoms with Gasteiger partial charge in [0.15, 0.2) is 11.5 Å². The van der Waals surface area contributed by atoms with Crippen LogP contribution < -0.4 is 5.73 Å². The van der Waals surface area contributed by atoms with Crippen molar-refractivity contribution in [1.82, 2.24) is 4.98 Å². The Labute approximate surface area is 94.1 Å². The van der Waals surface area contributed by atoms with Crippen LogP contribution in [0.2, 0.25) is 0 Å². The van der Waals surface area contributed by atoms with Crippen LogP contribution in [0.3, 0.4) is 0 Å². The van der Waals surface area contributed by atoms with E-state index in [-0.39, 0.29) is 6.04 Å². The van der Waals surface area contributed by atoms with E-state index >= 15 is 0 Å². The van der Waals surface area contributed by atoms with Crippen LogP contribution >= 0.6 is 12.6 Å². The van der Waals surface area contributed by atoms with Gasteiger partial charge in [-0.2, -0.15) is 12.6 Å². The van der Waals surface area contributed by atoms with Crippen LogP contribution in [-0.4, -0.2) is 10.7 Å². The van der Waals surface area contributed by atoms with Gasteiger partial charge in [-0.15, -0.1) is 0 Å². The fourth-order valence-electron chi connectivity index (χ4n) is 1.59. The third-order valence-electron chi connectivity index (χ3n) is 2.39. The zero-order valence-corrected chi connectivity index (χ0v) is 9.50. The number of nitrogens with two attached hydrogens (primary N) is 1. The zero-order chi connectivity index (χ0) is 10.8. The number of benzene rings is 1. The van der Waals surface area contributed by atoms with Gasteiger partial charge < -0.3 is 10.2 Å². The smallest absolute Gasteiger partial charge is 0.192 e. The lowest BCUT2D eigenvalue weighted by molar-refractivity contribution is 0.560. The van der Waals surface area contributed by atoms with Gasteiger partial charge in [0.2, 0.25) is 0 Å². The first-order chi connectivity index (χ1) is 7.20. The Morgan fingerprint density at radius 2 is 2.33 bits per heavy atom. The maximum Gasteiger partial charge on any atom is 0.192 e. The van der Waals surface area contributed by atoms with Gasteiger partial charge in [0.1, 0.15) is 5.52 Å². The second-order valence-corrected chi connectivity index (χ2v) is 4.03. The minimum atomic E-state index is 0.0253. The molecule has 0 saturated carbocycles. The number of hydrogen-bond acceptors (Lipinski definition) is 4. The van der Waals surface area contributed by atoms with Gasteiger partial charge in [-0.1, -0.05) is 6.07 Å². The quantitative estimate of drug-likeness (QED) is 0.784. The highest BCUT2D eigenvalue weighted by Gasteiger charge is 2.08. The number of aryl methyl sites for hydroxylation is 1. The maximum atomic E-state index is 5.99. The highest BCUT2D eigenvalue weighted by molar-refractivity contribution is 7.80. The molecule has 80 valence electrons. The summed E-state index contributed by atoms with van der Waals surface area (Å²) in [4.78, 5) is 4.24. The molecular formula is C11H14N2OS. The summed E-state index contributed by atoms with van der Waals surface area (Å²) in [7, 11) is 0. The lowest BCUT2D eigenvalue weighted by Crippen LogP contribution is -2.10. The molecule has 1 atom stereocenters. The first-order valence-electron chi connectivity index (χ1n) is 4.94. The molecule has 0 amide bonds. The van der Waals surface area contributed by atoms with E-state index < -0.39 is 0 Å². The molecule has 2 aromatic rings. The predicted molar refractivity (Wildman–Crippen MR) is 64.1 cm³/mol. The number of rotatable bonds is 3. The van der Waals surface area contributed by atoms with Gasteiger partial charge in [-0.3, -0.25) is 0 Å². The monoisotopic (exact) mass is 222 g/mol. The van der Waals surface area contributed by atoms with Crippen LogP contribution in [0.1, 0.15) is 23.9 Å². The molecule has 0 fully saturated rings. The van der Waals surface area contributed by atoms with Gasteiger partial charge in [0.05, 0.1) is 0 Å². The van der Waals surface area contributed by atoms with Crippen molar-refractivity contribution < 1.29 is 4.42 Å². The molecule has 1 aromatic carbocycles. The summed E-state index contributed by atoms with van der Waals surface area (Å²) < 4.78 is 5.45. The molecule has 4 heteroatoms. The first-order valence-corrected chi connectivity index (χ1v) is 5.57. The normalized spacial score (nSPS) is 13.3. The second kappa shape index (κ2) is 4.24. The molecule has 15 heavy (non-hydrogen) atoms. The maximum absolute atomic E-state index is 5.99. The molecule has 1 aromatic heterocycles. The SMILES string of the molecule is Cc1nc2ccc(C(N)CCS)cc2o1. The van der Waals surface area contributed by atoms with Crippen LogP contribution in [0.25, 0.3) is 11.1 Å². The lowest BCUT2D eigenvalue weighted by Gasteiger charge is -2.09. The largest absolute Gasteiger partial charge is 0.441 e. The van der Waals surface area contributed by atoms with Crippen molar-refractivity contribution in [2.45, 2.75) is 19.4 Å². The third kappa shape index (κ3) is 2.16. The van der Waals surface area contributed by atoms with Crippen LogP contribution in [0, 0.1) is 6.92 Å². The number of nitrogens with zero attached hydrogens (tertiary/aromatic N) is 1. The third-order valence-corrected chi connectivity index (χ3v) is 2.65. The van der Waals surface area contributed by atoms with Crippen molar-refractivity contribution in [3.63, 3.8) is 0 Å². The van der Waals surface area contributed by atoms with E-state index in [0.29, 0.717) is 5.89 Å². The topological polar surface area (TPSA) is 52.0 Å². The molecule has 0 saturated heterocycles. The standard InChI is InChI=1S/C11H14N2OS/c1-7-13-10-3-2-8(6-11(10)14-7)9(12)4-5-15/h2-3,6,9,15H,4-5,12H2,1H3. The molecule has 0 aliphatic carbocycles. The molecule has 1 unspecified atom stereocenters. The van der Waals surface area contributed by atoms with E-state index in [2.05, 4.69) is 17.6 Å². The van der Waals surface area contributed by atoms with Crippen molar-refractivity contribution in [2.75, 3.05) is 5.75 Å². The summed E-state index contributed by atoms with van der Waals surface area (Å²) in [5.41, 5.74) is 8.76. The number of fused-ring (bicyclic) bond motifs is 1. The summed E-state index contributed by atoms with van der Waals surface area (Å²) in [6.07, 6.45) is 0.863. The van der Waals surface area contributed by atoms with Crippen molar-refractivity contribution in [3.05, 3.63) is 29.7 Å². The predicted octanol–water partition coefficient (Wildman–Crippen LogP) is 2.46. The van der Waals surface area contributed by atoms with Crippen LogP contribution in [0.4, 0.5) is 0 Å². The van der Waals surface area contributed by atoms with Crippen molar-refractivity contribution >= 4 is 23.7 Å². The minimum absolute atomic E-state index is 0.0253. The average Bonchev–Trinajstić information content (AvgIpc) is 2.57. The van der Waals surface area contributed by atoms with Gasteiger partial charge in [0, 0.05) is 13.0 Å². The van der Waals surface area contributed by atoms with E-state index in [1.807, 2.05) is 25.1 Å². The molecule has 0 radical (unpaired) electrons. The molecule has 0 spiro atoms. The van der Waals surface area contributed by atoms with E-state index in [0.717, 1.165) is 28.8 Å². The fourth-order valence-corrected chi connectivity index (χ4v) is 1.87. The molecule has 0 aliphatic rings.